The third-order valence-corrected chi connectivity index (χ3v) is 5.47. The Labute approximate surface area is 106 Å². The van der Waals surface area contributed by atoms with Gasteiger partial charge < -0.3 is 19.0 Å². The zero-order chi connectivity index (χ0) is 13.1. The Kier molecular flexibility index (Phi) is 9.67. The Bertz CT molecular complexity index is 185. The molecule has 1 unspecified atom stereocenters. The summed E-state index contributed by atoms with van der Waals surface area (Å²) in [5, 5.41) is 0. The van der Waals surface area contributed by atoms with Crippen LogP contribution in [0.5, 0.6) is 0 Å². The average Bonchev–Trinajstić information content (AvgIpc) is 2.28. The Morgan fingerprint density at radius 3 is 1.94 bits per heavy atom. The van der Waals surface area contributed by atoms with E-state index in [1.54, 1.807) is 0 Å². The Balaban J connectivity index is 4.36. The van der Waals surface area contributed by atoms with E-state index in [9.17, 15) is 0 Å². The molecule has 0 rings (SSSR count). The Morgan fingerprint density at radius 1 is 1.12 bits per heavy atom. The standard InChI is InChI=1S/C12H27NO3Si/c1-5-9-12(13)10-11-17(14-6-2,15-7-3)16-8-4/h5,12H,1,6-11,13H2,2-4H3. The van der Waals surface area contributed by atoms with Crippen LogP contribution in [0, 0.1) is 0 Å². The van der Waals surface area contributed by atoms with Crippen LogP contribution in [0.1, 0.15) is 33.6 Å². The number of hydrogen-bond acceptors (Lipinski definition) is 4. The molecular formula is C12H27NO3Si. The molecule has 0 aromatic carbocycles. The summed E-state index contributed by atoms with van der Waals surface area (Å²) in [6.45, 7) is 11.4. The monoisotopic (exact) mass is 261 g/mol. The highest BCUT2D eigenvalue weighted by Gasteiger charge is 2.40. The minimum absolute atomic E-state index is 0.112. The fourth-order valence-electron chi connectivity index (χ4n) is 1.70. The number of nitrogens with two attached hydrogens (primary N) is 1. The van der Waals surface area contributed by atoms with Gasteiger partial charge in [-0.15, -0.1) is 6.58 Å². The molecule has 0 fully saturated rings. The molecule has 0 spiro atoms. The first-order chi connectivity index (χ1) is 8.14. The molecule has 0 aliphatic heterocycles. The molecule has 0 bridgehead atoms. The maximum Gasteiger partial charge on any atom is 0.500 e. The second kappa shape index (κ2) is 9.79. The van der Waals surface area contributed by atoms with Crippen molar-refractivity contribution in [1.82, 2.24) is 0 Å². The molecule has 102 valence electrons. The van der Waals surface area contributed by atoms with Crippen LogP contribution in [0.3, 0.4) is 0 Å². The summed E-state index contributed by atoms with van der Waals surface area (Å²) in [5.74, 6) is 0. The largest absolute Gasteiger partial charge is 0.500 e. The van der Waals surface area contributed by atoms with Gasteiger partial charge in [0.25, 0.3) is 0 Å². The lowest BCUT2D eigenvalue weighted by molar-refractivity contribution is 0.0703. The van der Waals surface area contributed by atoms with Crippen LogP contribution in [0.15, 0.2) is 12.7 Å². The molecule has 0 amide bonds. The molecule has 0 heterocycles. The van der Waals surface area contributed by atoms with Gasteiger partial charge in [-0.05, 0) is 33.6 Å². The van der Waals surface area contributed by atoms with Crippen LogP contribution in [0.2, 0.25) is 6.04 Å². The fourth-order valence-corrected chi connectivity index (χ4v) is 4.42. The van der Waals surface area contributed by atoms with Crippen LogP contribution in [-0.4, -0.2) is 34.7 Å². The lowest BCUT2D eigenvalue weighted by Gasteiger charge is -2.29. The van der Waals surface area contributed by atoms with Gasteiger partial charge in [0.2, 0.25) is 0 Å². The van der Waals surface area contributed by atoms with Crippen molar-refractivity contribution in [2.75, 3.05) is 19.8 Å². The van der Waals surface area contributed by atoms with E-state index in [0.29, 0.717) is 19.8 Å². The topological polar surface area (TPSA) is 53.7 Å². The van der Waals surface area contributed by atoms with Gasteiger partial charge >= 0.3 is 8.80 Å². The molecule has 0 aliphatic rings. The lowest BCUT2D eigenvalue weighted by Crippen LogP contribution is -2.46. The van der Waals surface area contributed by atoms with Crippen LogP contribution in [0.4, 0.5) is 0 Å². The molecule has 5 heteroatoms. The second-order valence-electron chi connectivity index (χ2n) is 3.81. The summed E-state index contributed by atoms with van der Waals surface area (Å²) >= 11 is 0. The van der Waals surface area contributed by atoms with Crippen molar-refractivity contribution >= 4 is 8.80 Å². The van der Waals surface area contributed by atoms with Crippen LogP contribution >= 0.6 is 0 Å². The van der Waals surface area contributed by atoms with Gasteiger partial charge in [-0.25, -0.2) is 0 Å². The fraction of sp³-hybridized carbons (Fsp3) is 0.833. The van der Waals surface area contributed by atoms with Gasteiger partial charge in [-0.3, -0.25) is 0 Å². The predicted molar refractivity (Wildman–Crippen MR) is 72.8 cm³/mol. The van der Waals surface area contributed by atoms with Crippen molar-refractivity contribution in [3.05, 3.63) is 12.7 Å². The molecule has 1 atom stereocenters. The van der Waals surface area contributed by atoms with Crippen molar-refractivity contribution in [2.24, 2.45) is 5.73 Å². The summed E-state index contributed by atoms with van der Waals surface area (Å²) in [4.78, 5) is 0. The third kappa shape index (κ3) is 6.95. The van der Waals surface area contributed by atoms with Gasteiger partial charge in [0.05, 0.1) is 0 Å². The van der Waals surface area contributed by atoms with Gasteiger partial charge in [0.1, 0.15) is 0 Å². The molecule has 0 saturated heterocycles. The molecule has 0 aliphatic carbocycles. The minimum atomic E-state index is -2.50. The van der Waals surface area contributed by atoms with Crippen molar-refractivity contribution in [3.63, 3.8) is 0 Å². The molecule has 4 nitrogen and oxygen atoms in total. The Hall–Kier alpha value is -0.203. The Morgan fingerprint density at radius 2 is 1.59 bits per heavy atom. The first kappa shape index (κ1) is 16.8. The quantitative estimate of drug-likeness (QED) is 0.458. The van der Waals surface area contributed by atoms with Crippen molar-refractivity contribution in [1.29, 1.82) is 0 Å². The van der Waals surface area contributed by atoms with Crippen molar-refractivity contribution in [3.8, 4) is 0 Å². The van der Waals surface area contributed by atoms with E-state index in [4.69, 9.17) is 19.0 Å². The summed E-state index contributed by atoms with van der Waals surface area (Å²) in [5.41, 5.74) is 5.96. The first-order valence-electron chi connectivity index (χ1n) is 6.42. The van der Waals surface area contributed by atoms with Crippen LogP contribution in [0.25, 0.3) is 0 Å². The van der Waals surface area contributed by atoms with E-state index in [2.05, 4.69) is 6.58 Å². The minimum Gasteiger partial charge on any atom is -0.374 e. The summed E-state index contributed by atoms with van der Waals surface area (Å²) in [6.07, 6.45) is 3.50. The van der Waals surface area contributed by atoms with Crippen LogP contribution in [-0.2, 0) is 13.3 Å². The molecule has 0 aromatic heterocycles. The van der Waals surface area contributed by atoms with Gasteiger partial charge in [-0.1, -0.05) is 6.08 Å². The van der Waals surface area contributed by atoms with E-state index in [1.807, 2.05) is 26.8 Å². The maximum absolute atomic E-state index is 5.96. The molecule has 0 aromatic rings. The van der Waals surface area contributed by atoms with E-state index >= 15 is 0 Å². The SMILES string of the molecule is C=CCC(N)CC[Si](OCC)(OCC)OCC. The number of rotatable bonds is 11. The van der Waals surface area contributed by atoms with Gasteiger partial charge in [0.15, 0.2) is 0 Å². The first-order valence-corrected chi connectivity index (χ1v) is 8.35. The average molecular weight is 261 g/mol. The normalized spacial score (nSPS) is 13.6. The highest BCUT2D eigenvalue weighted by atomic mass is 28.4. The van der Waals surface area contributed by atoms with E-state index in [1.165, 1.54) is 0 Å². The smallest absolute Gasteiger partial charge is 0.374 e. The highest BCUT2D eigenvalue weighted by Crippen LogP contribution is 2.19. The lowest BCUT2D eigenvalue weighted by atomic mass is 10.2. The maximum atomic E-state index is 5.96. The predicted octanol–water partition coefficient (Wildman–Crippen LogP) is 2.33. The number of hydrogen-bond donors (Lipinski definition) is 1. The second-order valence-corrected chi connectivity index (χ2v) is 6.54. The van der Waals surface area contributed by atoms with Crippen molar-refractivity contribution in [2.45, 2.75) is 45.7 Å². The highest BCUT2D eigenvalue weighted by molar-refractivity contribution is 6.60. The van der Waals surface area contributed by atoms with E-state index < -0.39 is 8.80 Å². The van der Waals surface area contributed by atoms with E-state index in [0.717, 1.165) is 18.9 Å². The summed E-state index contributed by atoms with van der Waals surface area (Å²) in [6, 6.07) is 0.887. The van der Waals surface area contributed by atoms with E-state index in [-0.39, 0.29) is 6.04 Å². The zero-order valence-corrected chi connectivity index (χ0v) is 12.4. The zero-order valence-electron chi connectivity index (χ0n) is 11.4. The van der Waals surface area contributed by atoms with Gasteiger partial charge in [0, 0.05) is 31.9 Å². The van der Waals surface area contributed by atoms with Gasteiger partial charge in [-0.2, -0.15) is 0 Å². The van der Waals surface area contributed by atoms with Crippen molar-refractivity contribution < 1.29 is 13.3 Å². The van der Waals surface area contributed by atoms with Crippen LogP contribution < -0.4 is 5.73 Å². The molecule has 0 radical (unpaired) electrons. The molecule has 17 heavy (non-hydrogen) atoms. The molecule has 2 N–H and O–H groups in total. The molecular weight excluding hydrogens is 234 g/mol. The summed E-state index contributed by atoms with van der Waals surface area (Å²) < 4.78 is 17.3. The third-order valence-electron chi connectivity index (χ3n) is 2.38. The molecule has 0 saturated carbocycles. The summed E-state index contributed by atoms with van der Waals surface area (Å²) in [7, 11) is -2.50.